The molecule has 25 heavy (non-hydrogen) atoms. The van der Waals surface area contributed by atoms with Crippen LogP contribution < -0.4 is 0 Å². The van der Waals surface area contributed by atoms with Crippen LogP contribution >= 0.6 is 24.4 Å². The molecular weight excluding hydrogens is 352 g/mol. The number of rotatable bonds is 16. The average molecular weight is 391 g/mol. The van der Waals surface area contributed by atoms with Gasteiger partial charge in [-0.05, 0) is 49.1 Å². The Balaban J connectivity index is 3.38. The molecule has 0 N–H and O–H groups in total. The third-order valence-corrected chi connectivity index (χ3v) is 4.29. The van der Waals surface area contributed by atoms with Gasteiger partial charge in [-0.25, -0.2) is 0 Å². The topological polar surface area (TPSA) is 27.7 Å². The molecule has 0 aliphatic rings. The van der Waals surface area contributed by atoms with Gasteiger partial charge in [0.2, 0.25) is 0 Å². The summed E-state index contributed by atoms with van der Waals surface area (Å²) in [5.41, 5.74) is 0. The average Bonchev–Trinajstić information content (AvgIpc) is 2.53. The molecule has 0 bridgehead atoms. The van der Waals surface area contributed by atoms with Crippen LogP contribution in [0.2, 0.25) is 0 Å². The van der Waals surface area contributed by atoms with Gasteiger partial charge in [0.25, 0.3) is 0 Å². The maximum Gasteiger partial charge on any atom is 0.185 e. The SMILES string of the molecule is CC(C)CCCCCOC(=S)COCC(=S)OCCCCCC(C)C. The van der Waals surface area contributed by atoms with E-state index in [0.717, 1.165) is 24.7 Å². The van der Waals surface area contributed by atoms with E-state index in [4.69, 9.17) is 38.6 Å². The summed E-state index contributed by atoms with van der Waals surface area (Å²) in [4.78, 5) is 0. The molecule has 148 valence electrons. The fraction of sp³-hybridized carbons (Fsp3) is 0.900. The Labute approximate surface area is 166 Å². The molecular formula is C20H38O3S2. The van der Waals surface area contributed by atoms with Gasteiger partial charge in [0.05, 0.1) is 13.2 Å². The highest BCUT2D eigenvalue weighted by atomic mass is 32.1. The summed E-state index contributed by atoms with van der Waals surface area (Å²) in [7, 11) is 0. The fourth-order valence-corrected chi connectivity index (χ4v) is 2.67. The van der Waals surface area contributed by atoms with Crippen molar-refractivity contribution in [2.24, 2.45) is 11.8 Å². The molecule has 0 aromatic rings. The lowest BCUT2D eigenvalue weighted by atomic mass is 10.1. The lowest BCUT2D eigenvalue weighted by molar-refractivity contribution is 0.166. The van der Waals surface area contributed by atoms with Crippen molar-refractivity contribution < 1.29 is 14.2 Å². The van der Waals surface area contributed by atoms with Crippen molar-refractivity contribution >= 4 is 34.5 Å². The molecule has 0 heterocycles. The molecule has 0 rings (SSSR count). The van der Waals surface area contributed by atoms with Gasteiger partial charge in [-0.15, -0.1) is 0 Å². The summed E-state index contributed by atoms with van der Waals surface area (Å²) in [6.07, 6.45) is 9.55. The van der Waals surface area contributed by atoms with Crippen LogP contribution in [-0.4, -0.2) is 36.5 Å². The second kappa shape index (κ2) is 17.2. The smallest absolute Gasteiger partial charge is 0.185 e. The van der Waals surface area contributed by atoms with Crippen LogP contribution in [0.15, 0.2) is 0 Å². The van der Waals surface area contributed by atoms with Gasteiger partial charge >= 0.3 is 0 Å². The molecule has 0 unspecified atom stereocenters. The van der Waals surface area contributed by atoms with Gasteiger partial charge < -0.3 is 14.2 Å². The summed E-state index contributed by atoms with van der Waals surface area (Å²) < 4.78 is 16.4. The minimum Gasteiger partial charge on any atom is -0.485 e. The lowest BCUT2D eigenvalue weighted by Crippen LogP contribution is -2.17. The van der Waals surface area contributed by atoms with Crippen molar-refractivity contribution in [3.63, 3.8) is 0 Å². The van der Waals surface area contributed by atoms with Crippen LogP contribution in [0.1, 0.15) is 79.1 Å². The highest BCUT2D eigenvalue weighted by molar-refractivity contribution is 7.80. The van der Waals surface area contributed by atoms with E-state index in [-0.39, 0.29) is 0 Å². The normalized spacial score (nSPS) is 11.1. The van der Waals surface area contributed by atoms with Gasteiger partial charge in [0.15, 0.2) is 10.1 Å². The van der Waals surface area contributed by atoms with Gasteiger partial charge in [-0.2, -0.15) is 0 Å². The minimum atomic E-state index is 0.305. The minimum absolute atomic E-state index is 0.305. The molecule has 5 heteroatoms. The maximum absolute atomic E-state index is 5.50. The van der Waals surface area contributed by atoms with E-state index in [1.165, 1.54) is 38.5 Å². The van der Waals surface area contributed by atoms with Gasteiger partial charge in [0, 0.05) is 0 Å². The standard InChI is InChI=1S/C20H38O3S2/c1-17(2)11-7-5-9-13-22-19(24)15-21-16-20(25)23-14-10-6-8-12-18(3)4/h17-18H,5-16H2,1-4H3. The Hall–Kier alpha value is -0.260. The largest absolute Gasteiger partial charge is 0.485 e. The van der Waals surface area contributed by atoms with Crippen molar-refractivity contribution in [2.45, 2.75) is 79.1 Å². The number of unbranched alkanes of at least 4 members (excludes halogenated alkanes) is 4. The number of ether oxygens (including phenoxy) is 3. The molecule has 0 atom stereocenters. The van der Waals surface area contributed by atoms with Crippen molar-refractivity contribution in [2.75, 3.05) is 26.4 Å². The lowest BCUT2D eigenvalue weighted by Gasteiger charge is -2.10. The summed E-state index contributed by atoms with van der Waals surface area (Å²) >= 11 is 10.3. The number of thiocarbonyl (C=S) groups is 2. The van der Waals surface area contributed by atoms with E-state index in [9.17, 15) is 0 Å². The zero-order valence-corrected chi connectivity index (χ0v) is 18.3. The first kappa shape index (κ1) is 24.7. The first-order chi connectivity index (χ1) is 11.9. The monoisotopic (exact) mass is 390 g/mol. The Kier molecular flexibility index (Phi) is 17.0. The van der Waals surface area contributed by atoms with Crippen LogP contribution in [0.5, 0.6) is 0 Å². The molecule has 0 aliphatic heterocycles. The molecule has 0 aliphatic carbocycles. The Bertz CT molecular complexity index is 312. The Morgan fingerprint density at radius 1 is 0.640 bits per heavy atom. The van der Waals surface area contributed by atoms with Gasteiger partial charge in [0.1, 0.15) is 13.2 Å². The van der Waals surface area contributed by atoms with Crippen molar-refractivity contribution in [3.05, 3.63) is 0 Å². The van der Waals surface area contributed by atoms with Gasteiger partial charge in [-0.1, -0.05) is 66.2 Å². The van der Waals surface area contributed by atoms with Crippen molar-refractivity contribution in [3.8, 4) is 0 Å². The van der Waals surface area contributed by atoms with Crippen molar-refractivity contribution in [1.29, 1.82) is 0 Å². The third kappa shape index (κ3) is 19.9. The van der Waals surface area contributed by atoms with Crippen molar-refractivity contribution in [1.82, 2.24) is 0 Å². The quantitative estimate of drug-likeness (QED) is 0.234. The molecule has 0 amide bonds. The predicted molar refractivity (Wildman–Crippen MR) is 115 cm³/mol. The summed E-state index contributed by atoms with van der Waals surface area (Å²) in [6, 6.07) is 0. The fourth-order valence-electron chi connectivity index (χ4n) is 2.34. The highest BCUT2D eigenvalue weighted by Crippen LogP contribution is 2.09. The molecule has 0 saturated carbocycles. The molecule has 3 nitrogen and oxygen atoms in total. The van der Waals surface area contributed by atoms with Crippen LogP contribution in [0, 0.1) is 11.8 Å². The highest BCUT2D eigenvalue weighted by Gasteiger charge is 2.03. The molecule has 0 fully saturated rings. The van der Waals surface area contributed by atoms with Crippen LogP contribution in [0.25, 0.3) is 0 Å². The molecule has 0 aromatic heterocycles. The third-order valence-electron chi connectivity index (χ3n) is 3.82. The second-order valence-electron chi connectivity index (χ2n) is 7.42. The van der Waals surface area contributed by atoms with Crippen LogP contribution in [0.3, 0.4) is 0 Å². The second-order valence-corrected chi connectivity index (χ2v) is 8.33. The number of hydrogen-bond donors (Lipinski definition) is 0. The maximum atomic E-state index is 5.50. The first-order valence-electron chi connectivity index (χ1n) is 9.80. The summed E-state index contributed by atoms with van der Waals surface area (Å²) in [6.45, 7) is 11.0. The number of hydrogen-bond acceptors (Lipinski definition) is 5. The zero-order valence-electron chi connectivity index (χ0n) is 16.7. The Morgan fingerprint density at radius 2 is 1.04 bits per heavy atom. The Morgan fingerprint density at radius 3 is 1.40 bits per heavy atom. The summed E-state index contributed by atoms with van der Waals surface area (Å²) in [5.74, 6) is 1.56. The first-order valence-corrected chi connectivity index (χ1v) is 10.6. The molecule has 0 spiro atoms. The summed E-state index contributed by atoms with van der Waals surface area (Å²) in [5, 5.41) is 1.00. The van der Waals surface area contributed by atoms with Crippen LogP contribution in [-0.2, 0) is 14.2 Å². The molecule has 0 saturated heterocycles. The van der Waals surface area contributed by atoms with E-state index in [2.05, 4.69) is 27.7 Å². The predicted octanol–water partition coefficient (Wildman–Crippen LogP) is 6.12. The van der Waals surface area contributed by atoms with E-state index in [1.54, 1.807) is 0 Å². The molecule has 0 radical (unpaired) electrons. The van der Waals surface area contributed by atoms with E-state index in [1.807, 2.05) is 0 Å². The van der Waals surface area contributed by atoms with E-state index >= 15 is 0 Å². The zero-order chi connectivity index (χ0) is 18.9. The van der Waals surface area contributed by atoms with E-state index in [0.29, 0.717) is 36.5 Å². The van der Waals surface area contributed by atoms with Crippen LogP contribution in [0.4, 0.5) is 0 Å². The van der Waals surface area contributed by atoms with E-state index < -0.39 is 0 Å². The molecule has 0 aromatic carbocycles. The van der Waals surface area contributed by atoms with Gasteiger partial charge in [-0.3, -0.25) is 0 Å².